The largest absolute Gasteiger partial charge is 0.502 e. The van der Waals surface area contributed by atoms with Crippen LogP contribution >= 0.6 is 11.3 Å². The molecule has 4 aromatic rings. The topological polar surface area (TPSA) is 121 Å². The number of halogens is 2. The molecular formula is C25H21F2N5O5S. The first-order valence-corrected chi connectivity index (χ1v) is 12.3. The number of thiophene rings is 1. The van der Waals surface area contributed by atoms with Crippen LogP contribution < -0.4 is 15.8 Å². The third-order valence-corrected chi connectivity index (χ3v) is 6.80. The molecule has 0 saturated carbocycles. The maximum absolute atomic E-state index is 14.0. The first-order chi connectivity index (χ1) is 18.2. The van der Waals surface area contributed by atoms with Crippen molar-refractivity contribution in [2.45, 2.75) is 26.6 Å². The van der Waals surface area contributed by atoms with E-state index in [0.717, 1.165) is 17.1 Å². The van der Waals surface area contributed by atoms with E-state index < -0.39 is 40.2 Å². The summed E-state index contributed by atoms with van der Waals surface area (Å²) in [6.07, 6.45) is 1.15. The summed E-state index contributed by atoms with van der Waals surface area (Å²) in [6, 6.07) is 8.31. The summed E-state index contributed by atoms with van der Waals surface area (Å²) in [7, 11) is 0. The molecule has 13 heteroatoms. The second-order valence-electron chi connectivity index (χ2n) is 8.65. The Bertz CT molecular complexity index is 1580. The Hall–Kier alpha value is -4.52. The Morgan fingerprint density at radius 2 is 2.03 bits per heavy atom. The predicted octanol–water partition coefficient (Wildman–Crippen LogP) is 2.87. The highest BCUT2D eigenvalue weighted by Gasteiger charge is 2.35. The van der Waals surface area contributed by atoms with Gasteiger partial charge in [0.05, 0.1) is 13.1 Å². The summed E-state index contributed by atoms with van der Waals surface area (Å²) in [5.41, 5.74) is -1.30. The number of carbonyl (C=O) groups excluding carboxylic acids is 2. The molecule has 10 nitrogen and oxygen atoms in total. The van der Waals surface area contributed by atoms with Crippen LogP contribution in [0.4, 0.5) is 8.78 Å². The average Bonchev–Trinajstić information content (AvgIpc) is 3.54. The lowest BCUT2D eigenvalue weighted by atomic mass is 10.1. The van der Waals surface area contributed by atoms with Gasteiger partial charge in [-0.05, 0) is 24.4 Å². The highest BCUT2D eigenvalue weighted by molar-refractivity contribution is 7.09. The van der Waals surface area contributed by atoms with Crippen molar-refractivity contribution < 1.29 is 28.0 Å². The molecule has 1 aliphatic heterocycles. The van der Waals surface area contributed by atoms with Gasteiger partial charge < -0.3 is 19.8 Å². The van der Waals surface area contributed by atoms with Crippen molar-refractivity contribution in [2.24, 2.45) is 0 Å². The Kier molecular flexibility index (Phi) is 6.68. The number of amides is 2. The number of nitrogens with zero attached hydrogens (tertiary/aromatic N) is 4. The smallest absolute Gasteiger partial charge is 0.278 e. The van der Waals surface area contributed by atoms with Crippen LogP contribution in [0.3, 0.4) is 0 Å². The number of hydrogen-bond acceptors (Lipinski definition) is 8. The second-order valence-corrected chi connectivity index (χ2v) is 9.68. The lowest BCUT2D eigenvalue weighted by molar-refractivity contribution is 0.0670. The zero-order valence-electron chi connectivity index (χ0n) is 20.0. The number of carbonyl (C=O) groups is 2. The van der Waals surface area contributed by atoms with Crippen molar-refractivity contribution in [3.8, 4) is 5.75 Å². The van der Waals surface area contributed by atoms with Gasteiger partial charge >= 0.3 is 0 Å². The summed E-state index contributed by atoms with van der Waals surface area (Å²) in [6.45, 7) is 1.82. The first-order valence-electron chi connectivity index (χ1n) is 11.4. The number of fused-ring (bicyclic) bond motifs is 1. The Labute approximate surface area is 218 Å². The highest BCUT2D eigenvalue weighted by atomic mass is 32.1. The maximum atomic E-state index is 14.0. The molecule has 2 N–H and O–H groups in total. The van der Waals surface area contributed by atoms with Crippen LogP contribution in [0.25, 0.3) is 0 Å². The molecule has 0 spiro atoms. The van der Waals surface area contributed by atoms with Crippen molar-refractivity contribution in [3.05, 3.63) is 103 Å². The SMILES string of the molecule is Cc1cc(CN2CN(Cc3cccs3)C(=O)c3c(O)c(=O)c(C(=O)NCc4ccc(F)cc4F)cn32)no1. The van der Waals surface area contributed by atoms with Gasteiger partial charge in [0.25, 0.3) is 11.8 Å². The van der Waals surface area contributed by atoms with Crippen molar-refractivity contribution in [2.75, 3.05) is 11.7 Å². The molecule has 196 valence electrons. The van der Waals surface area contributed by atoms with Crippen LogP contribution in [0.1, 0.15) is 42.7 Å². The van der Waals surface area contributed by atoms with Crippen LogP contribution in [0.2, 0.25) is 0 Å². The molecule has 38 heavy (non-hydrogen) atoms. The Morgan fingerprint density at radius 1 is 1.21 bits per heavy atom. The van der Waals surface area contributed by atoms with Gasteiger partial charge in [-0.15, -0.1) is 11.3 Å². The maximum Gasteiger partial charge on any atom is 0.278 e. The van der Waals surface area contributed by atoms with E-state index in [1.54, 1.807) is 18.0 Å². The van der Waals surface area contributed by atoms with E-state index in [4.69, 9.17) is 4.52 Å². The average molecular weight is 542 g/mol. The number of hydrogen-bond donors (Lipinski definition) is 2. The zero-order valence-corrected chi connectivity index (χ0v) is 20.8. The normalized spacial score (nSPS) is 13.1. The fraction of sp³-hybridized carbons (Fsp3) is 0.200. The number of nitrogens with one attached hydrogen (secondary N) is 1. The van der Waals surface area contributed by atoms with Gasteiger partial charge in [-0.25, -0.2) is 8.78 Å². The third-order valence-electron chi connectivity index (χ3n) is 5.94. The number of aromatic nitrogens is 2. The zero-order chi connectivity index (χ0) is 27.0. The van der Waals surface area contributed by atoms with Crippen molar-refractivity contribution >= 4 is 23.2 Å². The van der Waals surface area contributed by atoms with Crippen LogP contribution in [-0.4, -0.2) is 38.3 Å². The molecule has 0 atom stereocenters. The summed E-state index contributed by atoms with van der Waals surface area (Å²) < 4.78 is 33.6. The molecule has 1 aliphatic rings. The van der Waals surface area contributed by atoms with Crippen LogP contribution in [0.15, 0.2) is 57.3 Å². The molecule has 0 radical (unpaired) electrons. The lowest BCUT2D eigenvalue weighted by Gasteiger charge is -2.39. The van der Waals surface area contributed by atoms with Crippen LogP contribution in [-0.2, 0) is 19.6 Å². The number of aryl methyl sites for hydroxylation is 1. The van der Waals surface area contributed by atoms with Crippen molar-refractivity contribution in [1.82, 2.24) is 20.0 Å². The molecule has 5 rings (SSSR count). The van der Waals surface area contributed by atoms with Gasteiger partial charge in [-0.3, -0.25) is 24.1 Å². The Balaban J connectivity index is 1.49. The van der Waals surface area contributed by atoms with E-state index in [-0.39, 0.29) is 37.6 Å². The van der Waals surface area contributed by atoms with Gasteiger partial charge in [0.2, 0.25) is 5.43 Å². The van der Waals surface area contributed by atoms with Gasteiger partial charge in [-0.2, -0.15) is 0 Å². The predicted molar refractivity (Wildman–Crippen MR) is 132 cm³/mol. The molecule has 0 saturated heterocycles. The number of rotatable bonds is 7. The van der Waals surface area contributed by atoms with Gasteiger partial charge in [0, 0.05) is 35.3 Å². The van der Waals surface area contributed by atoms with E-state index in [0.29, 0.717) is 17.5 Å². The summed E-state index contributed by atoms with van der Waals surface area (Å²) >= 11 is 1.46. The molecule has 0 aliphatic carbocycles. The summed E-state index contributed by atoms with van der Waals surface area (Å²) in [5, 5.41) is 20.7. The standard InChI is InChI=1S/C25H21F2N5O5S/c1-14-7-17(29-37-14)10-31-13-30(11-18-3-2-6-38-18)25(36)21-23(34)22(33)19(12-32(21)31)24(35)28-9-15-4-5-16(26)8-20(15)27/h2-8,12,34H,9-11,13H2,1H3,(H,28,35). The van der Waals surface area contributed by atoms with Gasteiger partial charge in [0.1, 0.15) is 35.3 Å². The minimum Gasteiger partial charge on any atom is -0.502 e. The molecule has 4 heterocycles. The molecule has 0 fully saturated rings. The van der Waals surface area contributed by atoms with E-state index >= 15 is 0 Å². The van der Waals surface area contributed by atoms with Crippen LogP contribution in [0.5, 0.6) is 5.75 Å². The van der Waals surface area contributed by atoms with E-state index in [1.807, 2.05) is 17.5 Å². The lowest BCUT2D eigenvalue weighted by Crippen LogP contribution is -2.53. The summed E-state index contributed by atoms with van der Waals surface area (Å²) in [5.74, 6) is -3.46. The minimum absolute atomic E-state index is 0.00413. The third kappa shape index (κ3) is 4.87. The second kappa shape index (κ2) is 10.1. The van der Waals surface area contributed by atoms with Crippen molar-refractivity contribution in [1.29, 1.82) is 0 Å². The minimum atomic E-state index is -1.06. The Morgan fingerprint density at radius 3 is 2.71 bits per heavy atom. The van der Waals surface area contributed by atoms with Crippen LogP contribution in [0, 0.1) is 18.6 Å². The molecule has 2 amide bonds. The number of pyridine rings is 1. The fourth-order valence-electron chi connectivity index (χ4n) is 4.11. The van der Waals surface area contributed by atoms with Crippen molar-refractivity contribution in [3.63, 3.8) is 0 Å². The molecule has 0 unspecified atom stereocenters. The van der Waals surface area contributed by atoms with E-state index in [9.17, 15) is 28.3 Å². The highest BCUT2D eigenvalue weighted by Crippen LogP contribution is 2.25. The number of aromatic hydroxyl groups is 1. The first kappa shape index (κ1) is 25.1. The van der Waals surface area contributed by atoms with Gasteiger partial charge in [0.15, 0.2) is 11.4 Å². The monoisotopic (exact) mass is 541 g/mol. The quantitative estimate of drug-likeness (QED) is 0.369. The van der Waals surface area contributed by atoms with E-state index in [1.165, 1.54) is 27.0 Å². The van der Waals surface area contributed by atoms with E-state index in [2.05, 4.69) is 10.5 Å². The fourth-order valence-corrected chi connectivity index (χ4v) is 4.83. The molecule has 3 aromatic heterocycles. The number of benzene rings is 1. The molecule has 0 bridgehead atoms. The summed E-state index contributed by atoms with van der Waals surface area (Å²) in [4.78, 5) is 41.6. The molecular weight excluding hydrogens is 520 g/mol. The van der Waals surface area contributed by atoms with Gasteiger partial charge in [-0.1, -0.05) is 17.3 Å². The molecule has 1 aromatic carbocycles.